The maximum atomic E-state index is 14.9. The fraction of sp³-hybridized carbons (Fsp3) is 0.531. The van der Waals surface area contributed by atoms with Crippen LogP contribution in [0.25, 0.3) is 0 Å². The van der Waals surface area contributed by atoms with Gasteiger partial charge < -0.3 is 28.7 Å². The van der Waals surface area contributed by atoms with E-state index in [9.17, 15) is 18.8 Å². The number of rotatable bonds is 7. The number of amides is 1. The lowest BCUT2D eigenvalue weighted by Gasteiger charge is -2.32. The molecule has 1 N–H and O–H groups in total. The van der Waals surface area contributed by atoms with E-state index in [4.69, 9.17) is 23.4 Å². The molecule has 2 aliphatic rings. The molecular weight excluding hydrogens is 567 g/mol. The molecule has 0 radical (unpaired) electrons. The molecule has 2 heterocycles. The van der Waals surface area contributed by atoms with E-state index in [1.807, 2.05) is 55.4 Å². The van der Waals surface area contributed by atoms with Crippen LogP contribution in [0.3, 0.4) is 0 Å². The van der Waals surface area contributed by atoms with Gasteiger partial charge >= 0.3 is 20.2 Å². The van der Waals surface area contributed by atoms with Crippen LogP contribution >= 0.6 is 0 Å². The van der Waals surface area contributed by atoms with E-state index in [0.29, 0.717) is 10.9 Å². The summed E-state index contributed by atoms with van der Waals surface area (Å²) in [6, 6.07) is 8.42. The summed E-state index contributed by atoms with van der Waals surface area (Å²) < 4.78 is 44.7. The molecule has 0 aliphatic carbocycles. The van der Waals surface area contributed by atoms with Crippen LogP contribution in [0.2, 0.25) is 0 Å². The first-order chi connectivity index (χ1) is 20.0. The fourth-order valence-electron chi connectivity index (χ4n) is 4.69. The number of benzene rings is 2. The molecule has 44 heavy (non-hydrogen) atoms. The van der Waals surface area contributed by atoms with Crippen LogP contribution in [0.5, 0.6) is 0 Å². The van der Waals surface area contributed by atoms with Crippen LogP contribution in [0, 0.1) is 5.82 Å². The number of hydrogen-bond donors (Lipinski definition) is 1. The highest BCUT2D eigenvalue weighted by Gasteiger charge is 2.53. The Labute approximate surface area is 259 Å². The number of nitrogens with one attached hydrogen (secondary N) is 1. The predicted molar refractivity (Wildman–Crippen MR) is 166 cm³/mol. The molecule has 4 rings (SSSR count). The van der Waals surface area contributed by atoms with E-state index in [0.717, 1.165) is 6.07 Å². The van der Waals surface area contributed by atoms with Gasteiger partial charge in [-0.2, -0.15) is 0 Å². The minimum absolute atomic E-state index is 0.0425. The summed E-state index contributed by atoms with van der Waals surface area (Å²) in [6.07, 6.45) is 0. The Bertz CT molecular complexity index is 1450. The second-order valence-corrected chi connectivity index (χ2v) is 14.4. The molecule has 2 aromatic carbocycles. The van der Waals surface area contributed by atoms with E-state index < -0.39 is 65.7 Å². The van der Waals surface area contributed by atoms with Crippen molar-refractivity contribution in [1.82, 2.24) is 5.32 Å². The summed E-state index contributed by atoms with van der Waals surface area (Å²) in [6.45, 7) is 19.9. The zero-order valence-corrected chi connectivity index (χ0v) is 27.5. The molecule has 0 aromatic heterocycles. The van der Waals surface area contributed by atoms with Gasteiger partial charge in [0.25, 0.3) is 5.91 Å². The second kappa shape index (κ2) is 11.4. The van der Waals surface area contributed by atoms with Crippen molar-refractivity contribution >= 4 is 42.8 Å². The third kappa shape index (κ3) is 7.09. The van der Waals surface area contributed by atoms with Gasteiger partial charge in [0.2, 0.25) is 0 Å². The summed E-state index contributed by atoms with van der Waals surface area (Å²) in [5.74, 6) is -2.40. The summed E-state index contributed by atoms with van der Waals surface area (Å²) in [5, 5.41) is 2.55. The van der Waals surface area contributed by atoms with Crippen molar-refractivity contribution < 1.29 is 42.1 Å². The molecule has 12 heteroatoms. The van der Waals surface area contributed by atoms with Gasteiger partial charge in [-0.1, -0.05) is 12.1 Å². The number of hydrogen-bond acceptors (Lipinski definition) is 8. The van der Waals surface area contributed by atoms with Crippen molar-refractivity contribution in [2.75, 3.05) is 6.54 Å². The van der Waals surface area contributed by atoms with Crippen molar-refractivity contribution in [3.05, 3.63) is 58.9 Å². The Morgan fingerprint density at radius 1 is 0.705 bits per heavy atom. The molecule has 0 atom stereocenters. The van der Waals surface area contributed by atoms with Crippen molar-refractivity contribution in [2.24, 2.45) is 0 Å². The number of ether oxygens (including phenoxy) is 1. The number of carbonyl (C=O) groups excluding carboxylic acids is 3. The third-order valence-electron chi connectivity index (χ3n) is 8.53. The van der Waals surface area contributed by atoms with Gasteiger partial charge in [0, 0.05) is 16.7 Å². The SMILES string of the molecule is CC(C)(C)OC(=O)CNC(=O)c1cc(B2OC(C)(C)C(C)(C)O2)cc(C(=O)c2cc(F)cc(B3OC(C)(C)C(C)(C)O3)c2)c1. The first-order valence-corrected chi connectivity index (χ1v) is 14.7. The Hall–Kier alpha value is -3.05. The minimum atomic E-state index is -0.891. The highest BCUT2D eigenvalue weighted by molar-refractivity contribution is 6.63. The van der Waals surface area contributed by atoms with E-state index in [1.54, 1.807) is 32.9 Å². The lowest BCUT2D eigenvalue weighted by Crippen LogP contribution is -2.41. The van der Waals surface area contributed by atoms with Crippen molar-refractivity contribution in [3.63, 3.8) is 0 Å². The van der Waals surface area contributed by atoms with Crippen molar-refractivity contribution in [2.45, 2.75) is 104 Å². The third-order valence-corrected chi connectivity index (χ3v) is 8.53. The summed E-state index contributed by atoms with van der Waals surface area (Å²) >= 11 is 0. The maximum absolute atomic E-state index is 14.9. The Morgan fingerprint density at radius 3 is 1.57 bits per heavy atom. The lowest BCUT2D eigenvalue weighted by molar-refractivity contribution is -0.153. The van der Waals surface area contributed by atoms with Crippen LogP contribution in [0.15, 0.2) is 36.4 Å². The molecule has 2 aliphatic heterocycles. The van der Waals surface area contributed by atoms with Crippen LogP contribution in [-0.4, -0.2) is 66.4 Å². The average molecular weight is 609 g/mol. The molecule has 2 aromatic rings. The molecule has 2 saturated heterocycles. The zero-order valence-electron chi connectivity index (χ0n) is 27.5. The molecule has 0 spiro atoms. The molecule has 2 fully saturated rings. The largest absolute Gasteiger partial charge is 0.494 e. The average Bonchev–Trinajstić information content (AvgIpc) is 3.24. The van der Waals surface area contributed by atoms with Crippen LogP contribution < -0.4 is 16.2 Å². The first kappa shape index (κ1) is 33.8. The van der Waals surface area contributed by atoms with E-state index in [1.165, 1.54) is 18.2 Å². The normalized spacial score (nSPS) is 20.0. The number of esters is 1. The maximum Gasteiger partial charge on any atom is 0.494 e. The van der Waals surface area contributed by atoms with Crippen molar-refractivity contribution in [1.29, 1.82) is 0 Å². The number of halogens is 1. The van der Waals surface area contributed by atoms with Gasteiger partial charge in [0.15, 0.2) is 5.78 Å². The molecular formula is C32H42B2FNO8. The lowest BCUT2D eigenvalue weighted by atomic mass is 9.76. The van der Waals surface area contributed by atoms with Crippen LogP contribution in [0.1, 0.15) is 102 Å². The Balaban J connectivity index is 1.70. The van der Waals surface area contributed by atoms with E-state index in [-0.39, 0.29) is 23.2 Å². The van der Waals surface area contributed by atoms with E-state index in [2.05, 4.69) is 5.32 Å². The summed E-state index contributed by atoms with van der Waals surface area (Å²) in [4.78, 5) is 39.4. The zero-order chi connectivity index (χ0) is 33.0. The quantitative estimate of drug-likeness (QED) is 0.288. The van der Waals surface area contributed by atoms with Gasteiger partial charge in [-0.3, -0.25) is 14.4 Å². The summed E-state index contributed by atoms with van der Waals surface area (Å²) in [7, 11) is -1.77. The van der Waals surface area contributed by atoms with Crippen molar-refractivity contribution in [3.8, 4) is 0 Å². The summed E-state index contributed by atoms with van der Waals surface area (Å²) in [5.41, 5.74) is -2.41. The standard InChI is InChI=1S/C32H42B2FNO8/c1-28(2,3)40-25(37)18-36-27(39)21-12-19(13-22(15-21)33-41-29(4,5)30(6,7)42-33)26(38)20-14-23(17-24(35)16-20)34-43-31(8,9)32(10,11)44-34/h12-17H,18H2,1-11H3,(H,36,39). The smallest absolute Gasteiger partial charge is 0.459 e. The predicted octanol–water partition coefficient (Wildman–Crippen LogP) is 3.73. The molecule has 236 valence electrons. The van der Waals surface area contributed by atoms with Gasteiger partial charge in [-0.05, 0) is 111 Å². The highest BCUT2D eigenvalue weighted by Crippen LogP contribution is 2.37. The first-order valence-electron chi connectivity index (χ1n) is 14.7. The molecule has 1 amide bonds. The number of carbonyl (C=O) groups is 3. The fourth-order valence-corrected chi connectivity index (χ4v) is 4.69. The Morgan fingerprint density at radius 2 is 1.11 bits per heavy atom. The van der Waals surface area contributed by atoms with Gasteiger partial charge in [-0.15, -0.1) is 0 Å². The van der Waals surface area contributed by atoms with Gasteiger partial charge in [0.05, 0.1) is 22.4 Å². The molecule has 0 unspecified atom stereocenters. The van der Waals surface area contributed by atoms with Crippen LogP contribution in [-0.2, 0) is 28.1 Å². The Kier molecular flexibility index (Phi) is 8.76. The van der Waals surface area contributed by atoms with Crippen LogP contribution in [0.4, 0.5) is 4.39 Å². The van der Waals surface area contributed by atoms with Gasteiger partial charge in [-0.25, -0.2) is 4.39 Å². The van der Waals surface area contributed by atoms with Gasteiger partial charge in [0.1, 0.15) is 18.0 Å². The minimum Gasteiger partial charge on any atom is -0.459 e. The highest BCUT2D eigenvalue weighted by atomic mass is 19.1. The second-order valence-electron chi connectivity index (χ2n) is 14.4. The molecule has 0 bridgehead atoms. The molecule has 0 saturated carbocycles. The number of ketones is 1. The van der Waals surface area contributed by atoms with E-state index >= 15 is 0 Å². The molecule has 9 nitrogen and oxygen atoms in total. The monoisotopic (exact) mass is 609 g/mol. The topological polar surface area (TPSA) is 109 Å².